The first kappa shape index (κ1) is 25.1. The lowest BCUT2D eigenvalue weighted by molar-refractivity contribution is -0.121. The number of hydrogen-bond donors (Lipinski definition) is 1. The van der Waals surface area contributed by atoms with Crippen LogP contribution in [0, 0.1) is 0 Å². The minimum Gasteiger partial charge on any atom is -0.494 e. The van der Waals surface area contributed by atoms with Gasteiger partial charge in [-0.05, 0) is 67.4 Å². The smallest absolute Gasteiger partial charge is 0.343 e. The van der Waals surface area contributed by atoms with Crippen LogP contribution in [0.4, 0.5) is 0 Å². The van der Waals surface area contributed by atoms with Crippen LogP contribution in [-0.2, 0) is 4.79 Å². The summed E-state index contributed by atoms with van der Waals surface area (Å²) in [5, 5.41) is 4.00. The van der Waals surface area contributed by atoms with Crippen LogP contribution < -0.4 is 14.9 Å². The molecule has 0 aliphatic heterocycles. The van der Waals surface area contributed by atoms with Crippen LogP contribution in [0.5, 0.6) is 11.5 Å². The summed E-state index contributed by atoms with van der Waals surface area (Å²) in [5.74, 6) is 0.633. The van der Waals surface area contributed by atoms with Gasteiger partial charge in [-0.2, -0.15) is 5.10 Å². The van der Waals surface area contributed by atoms with Crippen molar-refractivity contribution in [1.29, 1.82) is 0 Å². The molecular weight excluding hydrogens is 404 g/mol. The average Bonchev–Trinajstić information content (AvgIpc) is 2.80. The van der Waals surface area contributed by atoms with Gasteiger partial charge in [0.25, 0.3) is 0 Å². The van der Waals surface area contributed by atoms with Gasteiger partial charge in [-0.3, -0.25) is 4.79 Å². The molecule has 0 fully saturated rings. The maximum atomic E-state index is 12.3. The minimum absolute atomic E-state index is 0.0734. The van der Waals surface area contributed by atoms with Gasteiger partial charge in [0.1, 0.15) is 11.5 Å². The maximum Gasteiger partial charge on any atom is 0.343 e. The first-order valence-electron chi connectivity index (χ1n) is 11.5. The molecule has 6 nitrogen and oxygen atoms in total. The van der Waals surface area contributed by atoms with E-state index in [1.165, 1.54) is 32.1 Å². The molecule has 0 radical (unpaired) electrons. The van der Waals surface area contributed by atoms with Crippen molar-refractivity contribution in [2.75, 3.05) is 6.61 Å². The van der Waals surface area contributed by atoms with E-state index in [0.717, 1.165) is 18.4 Å². The zero-order valence-electron chi connectivity index (χ0n) is 19.1. The number of unbranched alkanes of at least 4 members (excludes halogenated alkanes) is 6. The molecule has 2 aromatic rings. The van der Waals surface area contributed by atoms with Crippen LogP contribution in [0.25, 0.3) is 0 Å². The summed E-state index contributed by atoms with van der Waals surface area (Å²) in [6.07, 6.45) is 10.3. The second-order valence-electron chi connectivity index (χ2n) is 7.58. The Morgan fingerprint density at radius 2 is 1.47 bits per heavy atom. The van der Waals surface area contributed by atoms with Gasteiger partial charge in [-0.15, -0.1) is 0 Å². The number of amides is 1. The first-order valence-corrected chi connectivity index (χ1v) is 11.5. The third-order valence-electron chi connectivity index (χ3n) is 4.90. The molecule has 0 spiro atoms. The molecule has 0 aliphatic carbocycles. The van der Waals surface area contributed by atoms with E-state index in [4.69, 9.17) is 9.47 Å². The van der Waals surface area contributed by atoms with Crippen molar-refractivity contribution in [3.63, 3.8) is 0 Å². The Kier molecular flexibility index (Phi) is 11.6. The highest BCUT2D eigenvalue weighted by molar-refractivity contribution is 5.91. The van der Waals surface area contributed by atoms with Gasteiger partial charge in [0, 0.05) is 6.42 Å². The Labute approximate surface area is 191 Å². The van der Waals surface area contributed by atoms with Gasteiger partial charge in [0.15, 0.2) is 0 Å². The number of carbonyl (C=O) groups is 2. The molecule has 0 saturated heterocycles. The lowest BCUT2D eigenvalue weighted by Crippen LogP contribution is -2.16. The summed E-state index contributed by atoms with van der Waals surface area (Å²) >= 11 is 0. The zero-order valence-corrected chi connectivity index (χ0v) is 19.1. The van der Waals surface area contributed by atoms with Crippen molar-refractivity contribution in [1.82, 2.24) is 5.43 Å². The predicted molar refractivity (Wildman–Crippen MR) is 127 cm³/mol. The van der Waals surface area contributed by atoms with E-state index in [1.807, 2.05) is 6.92 Å². The number of hydrogen-bond acceptors (Lipinski definition) is 5. The third kappa shape index (κ3) is 9.77. The van der Waals surface area contributed by atoms with E-state index in [2.05, 4.69) is 17.5 Å². The van der Waals surface area contributed by atoms with Gasteiger partial charge in [0.2, 0.25) is 5.91 Å². The van der Waals surface area contributed by atoms with Gasteiger partial charge < -0.3 is 9.47 Å². The summed E-state index contributed by atoms with van der Waals surface area (Å²) in [6, 6.07) is 13.7. The van der Waals surface area contributed by atoms with Crippen molar-refractivity contribution in [3.8, 4) is 11.5 Å². The quantitative estimate of drug-likeness (QED) is 0.131. The van der Waals surface area contributed by atoms with Gasteiger partial charge >= 0.3 is 5.97 Å². The number of ether oxygens (including phenoxy) is 2. The average molecular weight is 439 g/mol. The second-order valence-corrected chi connectivity index (χ2v) is 7.58. The maximum absolute atomic E-state index is 12.3. The molecule has 1 N–H and O–H groups in total. The molecule has 0 bridgehead atoms. The van der Waals surface area contributed by atoms with Crippen LogP contribution in [0.3, 0.4) is 0 Å². The lowest BCUT2D eigenvalue weighted by Gasteiger charge is -2.06. The molecule has 0 saturated carbocycles. The number of nitrogens with zero attached hydrogens (tertiary/aromatic N) is 1. The highest BCUT2D eigenvalue weighted by atomic mass is 16.5. The fourth-order valence-electron chi connectivity index (χ4n) is 3.12. The van der Waals surface area contributed by atoms with E-state index < -0.39 is 5.97 Å². The van der Waals surface area contributed by atoms with Crippen LogP contribution in [0.2, 0.25) is 0 Å². The number of benzene rings is 2. The van der Waals surface area contributed by atoms with Crippen molar-refractivity contribution in [3.05, 3.63) is 59.7 Å². The summed E-state index contributed by atoms with van der Waals surface area (Å²) in [6.45, 7) is 4.68. The van der Waals surface area contributed by atoms with Crippen LogP contribution in [0.1, 0.15) is 81.1 Å². The van der Waals surface area contributed by atoms with E-state index in [-0.39, 0.29) is 5.91 Å². The van der Waals surface area contributed by atoms with Crippen molar-refractivity contribution in [2.24, 2.45) is 5.10 Å². The summed E-state index contributed by atoms with van der Waals surface area (Å²) in [4.78, 5) is 24.1. The van der Waals surface area contributed by atoms with Crippen molar-refractivity contribution in [2.45, 2.75) is 65.2 Å². The first-order chi connectivity index (χ1) is 15.6. The molecule has 6 heteroatoms. The molecular formula is C26H34N2O4. The number of esters is 1. The fourth-order valence-corrected chi connectivity index (χ4v) is 3.12. The number of nitrogens with one attached hydrogen (secondary N) is 1. The standard InChI is InChI=1S/C26H34N2O4/c1-3-5-6-7-8-9-10-11-25(29)28-27-20-21-12-16-24(17-13-21)32-26(30)22-14-18-23(19-15-22)31-4-2/h12-20H,3-11H2,1-2H3,(H,28,29). The molecule has 32 heavy (non-hydrogen) atoms. The van der Waals surface area contributed by atoms with Gasteiger partial charge in [-0.1, -0.05) is 45.4 Å². The largest absolute Gasteiger partial charge is 0.494 e. The molecule has 1 amide bonds. The fraction of sp³-hybridized carbons (Fsp3) is 0.423. The molecule has 0 aliphatic rings. The molecule has 0 unspecified atom stereocenters. The van der Waals surface area contributed by atoms with Gasteiger partial charge in [-0.25, -0.2) is 10.2 Å². The number of hydrazone groups is 1. The van der Waals surface area contributed by atoms with Crippen LogP contribution >= 0.6 is 0 Å². The highest BCUT2D eigenvalue weighted by Gasteiger charge is 2.08. The van der Waals surface area contributed by atoms with Gasteiger partial charge in [0.05, 0.1) is 18.4 Å². The molecule has 172 valence electrons. The van der Waals surface area contributed by atoms with Crippen molar-refractivity contribution < 1.29 is 19.1 Å². The second kappa shape index (κ2) is 14.8. The minimum atomic E-state index is -0.438. The summed E-state index contributed by atoms with van der Waals surface area (Å²) in [5.41, 5.74) is 3.80. The molecule has 0 aromatic heterocycles. The van der Waals surface area contributed by atoms with E-state index >= 15 is 0 Å². The molecule has 0 atom stereocenters. The normalized spacial score (nSPS) is 10.8. The SMILES string of the molecule is CCCCCCCCCC(=O)NN=Cc1ccc(OC(=O)c2ccc(OCC)cc2)cc1. The Hall–Kier alpha value is -3.15. The van der Waals surface area contributed by atoms with Crippen LogP contribution in [0.15, 0.2) is 53.6 Å². The summed E-state index contributed by atoms with van der Waals surface area (Å²) in [7, 11) is 0. The summed E-state index contributed by atoms with van der Waals surface area (Å²) < 4.78 is 10.8. The molecule has 2 aromatic carbocycles. The number of carbonyl (C=O) groups excluding carboxylic acids is 2. The third-order valence-corrected chi connectivity index (χ3v) is 4.90. The molecule has 2 rings (SSSR count). The van der Waals surface area contributed by atoms with Crippen molar-refractivity contribution >= 4 is 18.1 Å². The van der Waals surface area contributed by atoms with Crippen LogP contribution in [-0.4, -0.2) is 24.7 Å². The molecule has 0 heterocycles. The topological polar surface area (TPSA) is 77.0 Å². The zero-order chi connectivity index (χ0) is 23.0. The lowest BCUT2D eigenvalue weighted by atomic mass is 10.1. The monoisotopic (exact) mass is 438 g/mol. The Balaban J connectivity index is 1.70. The Morgan fingerprint density at radius 3 is 2.12 bits per heavy atom. The van der Waals surface area contributed by atoms with E-state index in [0.29, 0.717) is 30.1 Å². The Bertz CT molecular complexity index is 845. The van der Waals surface area contributed by atoms with E-state index in [1.54, 1.807) is 54.7 Å². The Morgan fingerprint density at radius 1 is 0.844 bits per heavy atom. The predicted octanol–water partition coefficient (Wildman–Crippen LogP) is 5.90. The van der Waals surface area contributed by atoms with E-state index in [9.17, 15) is 9.59 Å². The number of rotatable bonds is 14. The highest BCUT2D eigenvalue weighted by Crippen LogP contribution is 2.16.